The van der Waals surface area contributed by atoms with Gasteiger partial charge < -0.3 is 4.79 Å². The number of rotatable bonds is 4. The van der Waals surface area contributed by atoms with E-state index in [9.17, 15) is 13.2 Å². The normalized spacial score (nSPS) is 27.8. The maximum atomic E-state index is 11.5. The van der Waals surface area contributed by atoms with Crippen molar-refractivity contribution in [3.05, 3.63) is 35.4 Å². The Morgan fingerprint density at radius 1 is 1.24 bits per heavy atom. The Hall–Kier alpha value is -1.16. The van der Waals surface area contributed by atoms with Crippen molar-refractivity contribution in [3.63, 3.8) is 0 Å². The molecule has 1 saturated carbocycles. The Bertz CT molecular complexity index is 516. The van der Waals surface area contributed by atoms with Crippen molar-refractivity contribution in [3.8, 4) is 0 Å². The van der Waals surface area contributed by atoms with Crippen LogP contribution in [0.15, 0.2) is 24.3 Å². The second-order valence-corrected chi connectivity index (χ2v) is 6.83. The number of hydrogen-bond acceptors (Lipinski definition) is 3. The van der Waals surface area contributed by atoms with E-state index in [1.54, 1.807) is 0 Å². The van der Waals surface area contributed by atoms with Crippen molar-refractivity contribution in [1.82, 2.24) is 0 Å². The summed E-state index contributed by atoms with van der Waals surface area (Å²) < 4.78 is 23.0. The van der Waals surface area contributed by atoms with Gasteiger partial charge in [0.2, 0.25) is 0 Å². The van der Waals surface area contributed by atoms with Crippen molar-refractivity contribution >= 4 is 16.1 Å². The molecule has 2 rings (SSSR count). The lowest BCUT2D eigenvalue weighted by Gasteiger charge is -2.01. The predicted octanol–water partition coefficient (Wildman–Crippen LogP) is 1.57. The summed E-state index contributed by atoms with van der Waals surface area (Å²) in [6, 6.07) is 7.86. The molecule has 0 aliphatic heterocycles. The van der Waals surface area contributed by atoms with Crippen LogP contribution in [0.1, 0.15) is 24.0 Å². The van der Waals surface area contributed by atoms with Crippen LogP contribution < -0.4 is 0 Å². The van der Waals surface area contributed by atoms with Crippen molar-refractivity contribution in [1.29, 1.82) is 0 Å². The maximum Gasteiger partial charge on any atom is 0.151 e. The summed E-state index contributed by atoms with van der Waals surface area (Å²) >= 11 is 0. The topological polar surface area (TPSA) is 51.2 Å². The molecule has 3 nitrogen and oxygen atoms in total. The molecule has 1 aromatic rings. The predicted molar refractivity (Wildman–Crippen MR) is 66.7 cm³/mol. The van der Waals surface area contributed by atoms with Gasteiger partial charge in [0.15, 0.2) is 9.84 Å². The number of aryl methyl sites for hydroxylation is 1. The molecule has 0 aromatic heterocycles. The molecule has 3 atom stereocenters. The van der Waals surface area contributed by atoms with E-state index in [1.807, 2.05) is 24.3 Å². The van der Waals surface area contributed by atoms with Gasteiger partial charge >= 0.3 is 0 Å². The Labute approximate surface area is 102 Å². The summed E-state index contributed by atoms with van der Waals surface area (Å²) in [6.45, 7) is 2.07. The molecule has 0 bridgehead atoms. The second kappa shape index (κ2) is 4.26. The molecule has 1 aliphatic rings. The van der Waals surface area contributed by atoms with Crippen molar-refractivity contribution in [2.24, 2.45) is 5.92 Å². The molecule has 0 spiro atoms. The van der Waals surface area contributed by atoms with Gasteiger partial charge in [0.05, 0.1) is 5.25 Å². The van der Waals surface area contributed by atoms with E-state index in [-0.39, 0.29) is 11.8 Å². The molecule has 17 heavy (non-hydrogen) atoms. The number of aldehydes is 1. The minimum Gasteiger partial charge on any atom is -0.303 e. The minimum absolute atomic E-state index is 0.145. The van der Waals surface area contributed by atoms with Crippen LogP contribution in [0, 0.1) is 5.92 Å². The van der Waals surface area contributed by atoms with E-state index < -0.39 is 15.1 Å². The average molecular weight is 252 g/mol. The van der Waals surface area contributed by atoms with Crippen LogP contribution in [0.2, 0.25) is 0 Å². The molecule has 1 aromatic carbocycles. The van der Waals surface area contributed by atoms with Crippen molar-refractivity contribution < 1.29 is 13.2 Å². The molecular weight excluding hydrogens is 236 g/mol. The zero-order chi connectivity index (χ0) is 12.6. The molecule has 0 unspecified atom stereocenters. The zero-order valence-electron chi connectivity index (χ0n) is 9.96. The molecule has 0 N–H and O–H groups in total. The third kappa shape index (κ3) is 2.27. The molecule has 1 fully saturated rings. The van der Waals surface area contributed by atoms with Crippen LogP contribution in [0.4, 0.5) is 0 Å². The van der Waals surface area contributed by atoms with Crippen LogP contribution in [0.25, 0.3) is 0 Å². The second-order valence-electron chi connectivity index (χ2n) is 4.63. The van der Waals surface area contributed by atoms with Crippen molar-refractivity contribution in [2.45, 2.75) is 24.5 Å². The van der Waals surface area contributed by atoms with E-state index in [4.69, 9.17) is 0 Å². The maximum absolute atomic E-state index is 11.5. The lowest BCUT2D eigenvalue weighted by molar-refractivity contribution is -0.108. The Morgan fingerprint density at radius 3 is 2.18 bits per heavy atom. The van der Waals surface area contributed by atoms with Crippen LogP contribution in [0.5, 0.6) is 0 Å². The van der Waals surface area contributed by atoms with Gasteiger partial charge in [0.25, 0.3) is 0 Å². The molecule has 0 amide bonds. The first-order valence-corrected chi connectivity index (χ1v) is 7.67. The molecule has 0 heterocycles. The Balaban J connectivity index is 2.26. The zero-order valence-corrected chi connectivity index (χ0v) is 10.8. The molecule has 0 saturated heterocycles. The van der Waals surface area contributed by atoms with Crippen molar-refractivity contribution in [2.75, 3.05) is 6.26 Å². The third-order valence-corrected chi connectivity index (χ3v) is 5.03. The van der Waals surface area contributed by atoms with Crippen LogP contribution in [-0.2, 0) is 21.1 Å². The molecule has 1 aliphatic carbocycles. The molecule has 92 valence electrons. The number of carbonyl (C=O) groups excluding carboxylic acids is 1. The number of sulfone groups is 1. The Morgan fingerprint density at radius 2 is 1.82 bits per heavy atom. The number of carbonyl (C=O) groups is 1. The highest BCUT2D eigenvalue weighted by molar-refractivity contribution is 7.91. The first-order valence-electron chi connectivity index (χ1n) is 5.72. The highest BCUT2D eigenvalue weighted by atomic mass is 32.2. The van der Waals surface area contributed by atoms with Gasteiger partial charge in [-0.3, -0.25) is 0 Å². The van der Waals surface area contributed by atoms with Gasteiger partial charge in [-0.05, 0) is 17.5 Å². The summed E-state index contributed by atoms with van der Waals surface area (Å²) in [7, 11) is -3.14. The minimum atomic E-state index is -3.14. The van der Waals surface area contributed by atoms with Crippen LogP contribution in [0.3, 0.4) is 0 Å². The fraction of sp³-hybridized carbons (Fsp3) is 0.462. The van der Waals surface area contributed by atoms with E-state index in [0.717, 1.165) is 18.3 Å². The lowest BCUT2D eigenvalue weighted by atomic mass is 10.1. The summed E-state index contributed by atoms with van der Waals surface area (Å²) in [4.78, 5) is 10.9. The summed E-state index contributed by atoms with van der Waals surface area (Å²) in [6.07, 6.45) is 2.93. The summed E-state index contributed by atoms with van der Waals surface area (Å²) in [5.41, 5.74) is 2.17. The highest BCUT2D eigenvalue weighted by Gasteiger charge is 2.57. The fourth-order valence-corrected chi connectivity index (χ4v) is 3.99. The first kappa shape index (κ1) is 12.3. The van der Waals surface area contributed by atoms with Gasteiger partial charge in [-0.1, -0.05) is 31.2 Å². The quantitative estimate of drug-likeness (QED) is 0.764. The number of benzene rings is 1. The van der Waals surface area contributed by atoms with Gasteiger partial charge in [-0.15, -0.1) is 0 Å². The van der Waals surface area contributed by atoms with E-state index in [2.05, 4.69) is 6.92 Å². The van der Waals surface area contributed by atoms with E-state index in [0.29, 0.717) is 0 Å². The SMILES string of the molecule is CCc1ccc([C@@H]2[C@@H](C=O)[C@H]2S(C)(=O)=O)cc1. The first-order chi connectivity index (χ1) is 7.99. The fourth-order valence-electron chi connectivity index (χ4n) is 2.41. The van der Waals surface area contributed by atoms with Gasteiger partial charge in [0, 0.05) is 18.1 Å². The third-order valence-electron chi connectivity index (χ3n) is 3.43. The molecular formula is C13H16O3S. The number of hydrogen-bond donors (Lipinski definition) is 0. The monoisotopic (exact) mass is 252 g/mol. The van der Waals surface area contributed by atoms with Gasteiger partial charge in [0.1, 0.15) is 6.29 Å². The standard InChI is InChI=1S/C13H16O3S/c1-3-9-4-6-10(7-5-9)12-11(8-14)13(12)17(2,15)16/h4-8,11-13H,3H2,1-2H3/t11-,12-,13-/m1/s1. The van der Waals surface area contributed by atoms with E-state index >= 15 is 0 Å². The van der Waals surface area contributed by atoms with Crippen LogP contribution in [-0.4, -0.2) is 26.2 Å². The molecule has 4 heteroatoms. The van der Waals surface area contributed by atoms with Gasteiger partial charge in [-0.25, -0.2) is 8.42 Å². The lowest BCUT2D eigenvalue weighted by Crippen LogP contribution is -2.07. The highest BCUT2D eigenvalue weighted by Crippen LogP contribution is 2.50. The Kier molecular flexibility index (Phi) is 3.08. The van der Waals surface area contributed by atoms with Crippen LogP contribution >= 0.6 is 0 Å². The smallest absolute Gasteiger partial charge is 0.151 e. The molecule has 0 radical (unpaired) electrons. The largest absolute Gasteiger partial charge is 0.303 e. The summed E-state index contributed by atoms with van der Waals surface area (Å²) in [5, 5.41) is -0.521. The van der Waals surface area contributed by atoms with Gasteiger partial charge in [-0.2, -0.15) is 0 Å². The average Bonchev–Trinajstić information content (AvgIpc) is 3.03. The van der Waals surface area contributed by atoms with E-state index in [1.165, 1.54) is 11.8 Å². The summed E-state index contributed by atoms with van der Waals surface area (Å²) in [5.74, 6) is -0.508.